The fourth-order valence-corrected chi connectivity index (χ4v) is 23.6. The van der Waals surface area contributed by atoms with E-state index in [4.69, 9.17) is 0 Å². The zero-order chi connectivity index (χ0) is 75.3. The highest BCUT2D eigenvalue weighted by Gasteiger charge is 2.51. The van der Waals surface area contributed by atoms with E-state index in [-0.39, 0.29) is 18.8 Å². The van der Waals surface area contributed by atoms with Gasteiger partial charge in [0, 0.05) is 100 Å². The summed E-state index contributed by atoms with van der Waals surface area (Å²) >= 11 is 0. The fourth-order valence-electron chi connectivity index (χ4n) is 23.6. The van der Waals surface area contributed by atoms with Crippen molar-refractivity contribution in [2.24, 2.45) is 23.7 Å². The second-order valence-electron chi connectivity index (χ2n) is 34.5. The van der Waals surface area contributed by atoms with Crippen molar-refractivity contribution in [3.05, 3.63) is 332 Å². The van der Waals surface area contributed by atoms with Crippen LogP contribution in [0.2, 0.25) is 0 Å². The van der Waals surface area contributed by atoms with Gasteiger partial charge in [0.25, 0.3) is 6.71 Å². The van der Waals surface area contributed by atoms with Crippen LogP contribution in [0.5, 0.6) is 0 Å². The predicted molar refractivity (Wildman–Crippen MR) is 486 cm³/mol. The second-order valence-corrected chi connectivity index (χ2v) is 34.5. The molecule has 6 heterocycles. The van der Waals surface area contributed by atoms with Gasteiger partial charge in [-0.05, 0) is 275 Å². The molecule has 8 aliphatic rings. The standard InChI is InChI=1S/C108H93BN6/c1-6-30-70(31-7-1)75-64-104-106-105(65-75)115(108-82(73-36-12-4-13-37-73)48-29-49-83(108)74-38-14-5-15-39-74)103-69-79(113-99-55-27-21-45-89(99)91-67-77(59-63-101(91)113)111-96-52-24-18-42-86(96)87-43-19-25-53-97(87)111)57-61-93(103)109(106)92-60-56-78(68-102(92)114(104)107-80(71-32-8-2-9-33-71)46-28-47-81(107)72-34-10-3-11-35-72)112-98-54-26-20-44-88(98)90-66-76(58-62-100(90)112)110-94-50-22-16-40-84(94)85-41-17-23-51-95(85)110/h1-2,4,6-8,12,16-27,30-31,34,38,40-46,48,50-69,71,73,81,83,107-108H,3,5,9-11,13-15,28-29,32-33,35-37,39,47,49H2. The van der Waals surface area contributed by atoms with Crippen molar-refractivity contribution in [3.63, 3.8) is 0 Å². The SMILES string of the molecule is C1=CCC(C2=CCCC(C3=CCCCC3)C2N2c3cc(-n4c5ccccc5c5cc(-n6c7ccccc7c7ccccc76)ccc54)ccc3B3c4ccc(-n5c6ccccc6c6cc(-n7c8ccccc8c8ccccc87)ccc65)cc4N(C4C(C5CC=CCC5)=CCCC4C4=CCCCC4)c4cc(-c5ccccc5)cc2c43)CC1. The lowest BCUT2D eigenvalue weighted by Crippen LogP contribution is -2.65. The molecule has 4 aromatic heterocycles. The molecule has 0 bridgehead atoms. The van der Waals surface area contributed by atoms with Crippen LogP contribution >= 0.6 is 0 Å². The largest absolute Gasteiger partial charge is 0.334 e. The van der Waals surface area contributed by atoms with Crippen molar-refractivity contribution in [2.75, 3.05) is 9.80 Å². The Morgan fingerprint density at radius 2 is 0.635 bits per heavy atom. The van der Waals surface area contributed by atoms with E-state index < -0.39 is 0 Å². The first kappa shape index (κ1) is 67.4. The maximum absolute atomic E-state index is 3.06. The molecule has 24 rings (SSSR count). The van der Waals surface area contributed by atoms with E-state index in [1.54, 1.807) is 22.3 Å². The molecule has 558 valence electrons. The smallest absolute Gasteiger partial charge is 0.252 e. The highest BCUT2D eigenvalue weighted by Crippen LogP contribution is 2.54. The van der Waals surface area contributed by atoms with Crippen molar-refractivity contribution in [1.82, 2.24) is 18.3 Å². The summed E-state index contributed by atoms with van der Waals surface area (Å²) in [5.41, 5.74) is 33.5. The molecular weight excluding hydrogens is 1390 g/mol. The third-order valence-electron chi connectivity index (χ3n) is 28.5. The average Bonchev–Trinajstić information content (AvgIpc) is 1.56. The third kappa shape index (κ3) is 10.6. The molecule has 0 N–H and O–H groups in total. The van der Waals surface area contributed by atoms with Crippen LogP contribution in [0, 0.1) is 23.7 Å². The minimum Gasteiger partial charge on any atom is -0.334 e. The number of fused-ring (bicyclic) bond motifs is 16. The summed E-state index contributed by atoms with van der Waals surface area (Å²) in [6.45, 7) is -0.101. The Balaban J connectivity index is 0.786. The highest BCUT2D eigenvalue weighted by molar-refractivity contribution is 7.00. The minimum atomic E-state index is -0.101. The number of hydrogen-bond donors (Lipinski definition) is 0. The Hall–Kier alpha value is -12.1. The summed E-state index contributed by atoms with van der Waals surface area (Å²) in [5, 5.41) is 10.1. The molecule has 6 nitrogen and oxygen atoms in total. The van der Waals surface area contributed by atoms with Gasteiger partial charge in [-0.1, -0.05) is 211 Å². The lowest BCUT2D eigenvalue weighted by atomic mass is 9.33. The van der Waals surface area contributed by atoms with E-state index in [0.29, 0.717) is 23.7 Å². The first-order valence-electron chi connectivity index (χ1n) is 43.3. The molecule has 0 saturated heterocycles. The molecule has 2 aliphatic heterocycles. The Morgan fingerprint density at radius 3 is 1.02 bits per heavy atom. The maximum Gasteiger partial charge on any atom is 0.252 e. The van der Waals surface area contributed by atoms with E-state index >= 15 is 0 Å². The number of para-hydroxylation sites is 6. The van der Waals surface area contributed by atoms with Crippen LogP contribution in [-0.4, -0.2) is 37.1 Å². The van der Waals surface area contributed by atoms with Crippen molar-refractivity contribution in [3.8, 4) is 33.9 Å². The highest BCUT2D eigenvalue weighted by atomic mass is 15.2. The molecule has 6 unspecified atom stereocenters. The van der Waals surface area contributed by atoms with Gasteiger partial charge in [-0.2, -0.15) is 0 Å². The summed E-state index contributed by atoms with van der Waals surface area (Å²) < 4.78 is 10.2. The number of benzene rings is 12. The molecule has 12 aromatic carbocycles. The van der Waals surface area contributed by atoms with Gasteiger partial charge in [0.15, 0.2) is 0 Å². The van der Waals surface area contributed by atoms with Crippen LogP contribution in [0.4, 0.5) is 22.7 Å². The normalized spacial score (nSPS) is 20.9. The Bertz CT molecular complexity index is 6400. The molecule has 0 fully saturated rings. The van der Waals surface area contributed by atoms with Gasteiger partial charge >= 0.3 is 0 Å². The topological polar surface area (TPSA) is 26.2 Å². The predicted octanol–water partition coefficient (Wildman–Crippen LogP) is 26.3. The van der Waals surface area contributed by atoms with Crippen LogP contribution < -0.4 is 26.2 Å². The Kier molecular flexibility index (Phi) is 16.0. The van der Waals surface area contributed by atoms with Crippen LogP contribution in [-0.2, 0) is 0 Å². The lowest BCUT2D eigenvalue weighted by Gasteiger charge is -2.53. The molecule has 7 heteroatoms. The zero-order valence-electron chi connectivity index (χ0n) is 65.4. The summed E-state index contributed by atoms with van der Waals surface area (Å²) in [4.78, 5) is 6.12. The van der Waals surface area contributed by atoms with E-state index in [9.17, 15) is 0 Å². The molecule has 0 amide bonds. The number of allylic oxidation sites excluding steroid dienone is 8. The van der Waals surface area contributed by atoms with Crippen LogP contribution in [0.1, 0.15) is 116 Å². The maximum atomic E-state index is 3.06. The summed E-state index contributed by atoms with van der Waals surface area (Å²) in [6, 6.07) is 102. The van der Waals surface area contributed by atoms with Gasteiger partial charge in [-0.15, -0.1) is 0 Å². The van der Waals surface area contributed by atoms with Crippen LogP contribution in [0.15, 0.2) is 332 Å². The Morgan fingerprint density at radius 1 is 0.270 bits per heavy atom. The summed E-state index contributed by atoms with van der Waals surface area (Å²) in [6.07, 6.45) is 42.0. The first-order valence-corrected chi connectivity index (χ1v) is 43.3. The molecule has 115 heavy (non-hydrogen) atoms. The third-order valence-corrected chi connectivity index (χ3v) is 28.5. The second kappa shape index (κ2) is 27.3. The van der Waals surface area contributed by atoms with Gasteiger partial charge in [0.2, 0.25) is 0 Å². The van der Waals surface area contributed by atoms with E-state index in [0.717, 1.165) is 64.2 Å². The minimum absolute atomic E-state index is 0.0916. The summed E-state index contributed by atoms with van der Waals surface area (Å²) in [5.74, 6) is 1.58. The van der Waals surface area contributed by atoms with Crippen LogP contribution in [0.3, 0.4) is 0 Å². The van der Waals surface area contributed by atoms with Crippen molar-refractivity contribution >= 4 is 133 Å². The number of anilines is 4. The quantitative estimate of drug-likeness (QED) is 0.0953. The molecular formula is C108H93BN6. The lowest BCUT2D eigenvalue weighted by molar-refractivity contribution is 0.391. The number of aromatic nitrogens is 4. The van der Waals surface area contributed by atoms with E-state index in [1.165, 1.54) is 212 Å². The van der Waals surface area contributed by atoms with Gasteiger partial charge in [0.1, 0.15) is 0 Å². The van der Waals surface area contributed by atoms with Crippen molar-refractivity contribution in [1.29, 1.82) is 0 Å². The molecule has 0 radical (unpaired) electrons. The molecule has 0 spiro atoms. The number of nitrogens with zero attached hydrogens (tertiary/aromatic N) is 6. The molecule has 6 atom stereocenters. The van der Waals surface area contributed by atoms with Gasteiger partial charge in [-0.3, -0.25) is 0 Å². The van der Waals surface area contributed by atoms with Gasteiger partial charge < -0.3 is 28.1 Å². The number of rotatable bonds is 11. The fraction of sp³-hybridized carbons (Fsp3) is 0.222. The molecule has 16 aromatic rings. The van der Waals surface area contributed by atoms with E-state index in [2.05, 4.69) is 338 Å². The Labute approximate surface area is 673 Å². The molecule has 0 saturated carbocycles. The number of hydrogen-bond acceptors (Lipinski definition) is 2. The molecule has 6 aliphatic carbocycles. The van der Waals surface area contributed by atoms with Gasteiger partial charge in [-0.25, -0.2) is 0 Å². The monoisotopic (exact) mass is 1480 g/mol. The first-order chi connectivity index (χ1) is 57.1. The van der Waals surface area contributed by atoms with Crippen molar-refractivity contribution < 1.29 is 0 Å². The van der Waals surface area contributed by atoms with Gasteiger partial charge in [0.05, 0.1) is 56.2 Å². The van der Waals surface area contributed by atoms with Crippen molar-refractivity contribution in [2.45, 2.75) is 128 Å². The average molecular weight is 1490 g/mol. The zero-order valence-corrected chi connectivity index (χ0v) is 65.4. The van der Waals surface area contributed by atoms with E-state index in [1.807, 2.05) is 0 Å². The summed E-state index contributed by atoms with van der Waals surface area (Å²) in [7, 11) is 0. The van der Waals surface area contributed by atoms with Crippen LogP contribution in [0.25, 0.3) is 121 Å².